The average Bonchev–Trinajstić information content (AvgIpc) is 2.45. The van der Waals surface area contributed by atoms with Crippen LogP contribution in [-0.2, 0) is 24.2 Å². The van der Waals surface area contributed by atoms with Gasteiger partial charge in [-0.1, -0.05) is 0 Å². The Balaban J connectivity index is 1.92. The van der Waals surface area contributed by atoms with E-state index >= 15 is 0 Å². The molecule has 0 radical (unpaired) electrons. The molecule has 1 aliphatic heterocycles. The first-order valence-corrected chi connectivity index (χ1v) is 9.37. The Hall–Kier alpha value is -0.210. The summed E-state index contributed by atoms with van der Waals surface area (Å²) in [5.74, 6) is -0.0240. The number of nitrogens with two attached hydrogens (primary N) is 1. The number of hydrogen-bond acceptors (Lipinski definition) is 5. The van der Waals surface area contributed by atoms with Gasteiger partial charge in [-0.3, -0.25) is 0 Å². The van der Waals surface area contributed by atoms with E-state index in [1.165, 1.54) is 0 Å². The molecule has 0 amide bonds. The van der Waals surface area contributed by atoms with Crippen LogP contribution in [0.15, 0.2) is 0 Å². The highest BCUT2D eigenvalue weighted by atomic mass is 32.2. The molecule has 0 aromatic rings. The van der Waals surface area contributed by atoms with Crippen LogP contribution in [0.2, 0.25) is 0 Å². The van der Waals surface area contributed by atoms with Gasteiger partial charge in [0.25, 0.3) is 0 Å². The molecule has 0 spiro atoms. The molecule has 124 valence electrons. The van der Waals surface area contributed by atoms with E-state index in [2.05, 4.69) is 0 Å². The quantitative estimate of drug-likeness (QED) is 0.790. The van der Waals surface area contributed by atoms with Gasteiger partial charge < -0.3 is 14.2 Å². The van der Waals surface area contributed by atoms with Crippen molar-refractivity contribution in [2.45, 2.75) is 50.7 Å². The van der Waals surface area contributed by atoms with Crippen molar-refractivity contribution >= 4 is 10.0 Å². The minimum atomic E-state index is -3.51. The summed E-state index contributed by atoms with van der Waals surface area (Å²) < 4.78 is 39.8. The molecule has 0 aromatic heterocycles. The molecule has 21 heavy (non-hydrogen) atoms. The molecule has 2 rings (SSSR count). The van der Waals surface area contributed by atoms with Gasteiger partial charge in [-0.25, -0.2) is 13.6 Å². The van der Waals surface area contributed by atoms with Gasteiger partial charge in [-0.2, -0.15) is 0 Å². The molecule has 0 aromatic carbocycles. The zero-order valence-corrected chi connectivity index (χ0v) is 13.6. The molecule has 2 N–H and O–H groups in total. The summed E-state index contributed by atoms with van der Waals surface area (Å²) in [6, 6.07) is 0. The van der Waals surface area contributed by atoms with E-state index in [0.717, 1.165) is 25.7 Å². The molecule has 7 heteroatoms. The monoisotopic (exact) mass is 321 g/mol. The van der Waals surface area contributed by atoms with E-state index in [1.54, 1.807) is 7.11 Å². The Kier molecular flexibility index (Phi) is 6.02. The fourth-order valence-corrected chi connectivity index (χ4v) is 4.55. The first-order chi connectivity index (χ1) is 9.92. The maximum atomic E-state index is 11.5. The van der Waals surface area contributed by atoms with Gasteiger partial charge in [-0.05, 0) is 38.5 Å². The second kappa shape index (κ2) is 7.37. The van der Waals surface area contributed by atoms with Crippen molar-refractivity contribution in [3.8, 4) is 0 Å². The molecule has 2 atom stereocenters. The zero-order chi connectivity index (χ0) is 15.3. The summed E-state index contributed by atoms with van der Waals surface area (Å²) >= 11 is 0. The standard InChI is InChI=1S/C14H27NO5S/c1-18-12-3-2-4-13(9-12)20-10-14(11-21(15,16)17)5-7-19-8-6-14/h12-13H,2-11H2,1H3,(H2,15,16,17). The van der Waals surface area contributed by atoms with Crippen LogP contribution in [0.3, 0.4) is 0 Å². The van der Waals surface area contributed by atoms with Crippen LogP contribution in [0, 0.1) is 5.41 Å². The van der Waals surface area contributed by atoms with Crippen molar-refractivity contribution in [1.29, 1.82) is 0 Å². The van der Waals surface area contributed by atoms with Crippen molar-refractivity contribution in [1.82, 2.24) is 0 Å². The summed E-state index contributed by atoms with van der Waals surface area (Å²) in [6.45, 7) is 1.59. The largest absolute Gasteiger partial charge is 0.381 e. The van der Waals surface area contributed by atoms with Crippen LogP contribution in [-0.4, -0.2) is 53.3 Å². The van der Waals surface area contributed by atoms with Gasteiger partial charge in [0.15, 0.2) is 0 Å². The topological polar surface area (TPSA) is 87.9 Å². The third-order valence-electron chi connectivity index (χ3n) is 4.60. The molecular weight excluding hydrogens is 294 g/mol. The first kappa shape index (κ1) is 17.1. The fourth-order valence-electron chi connectivity index (χ4n) is 3.32. The van der Waals surface area contributed by atoms with E-state index in [1.807, 2.05) is 0 Å². The van der Waals surface area contributed by atoms with Crippen LogP contribution < -0.4 is 5.14 Å². The summed E-state index contributed by atoms with van der Waals surface area (Å²) in [4.78, 5) is 0. The van der Waals surface area contributed by atoms with E-state index in [4.69, 9.17) is 19.3 Å². The average molecular weight is 321 g/mol. The summed E-state index contributed by atoms with van der Waals surface area (Å²) in [6.07, 6.45) is 5.85. The third-order valence-corrected chi connectivity index (χ3v) is 5.61. The molecular formula is C14H27NO5S. The number of sulfonamides is 1. The van der Waals surface area contributed by atoms with Gasteiger partial charge in [-0.15, -0.1) is 0 Å². The lowest BCUT2D eigenvalue weighted by Gasteiger charge is -2.38. The minimum Gasteiger partial charge on any atom is -0.381 e. The van der Waals surface area contributed by atoms with Crippen molar-refractivity contribution < 1.29 is 22.6 Å². The number of rotatable bonds is 6. The van der Waals surface area contributed by atoms with Crippen LogP contribution >= 0.6 is 0 Å². The van der Waals surface area contributed by atoms with E-state index in [0.29, 0.717) is 32.7 Å². The maximum Gasteiger partial charge on any atom is 0.209 e. The lowest BCUT2D eigenvalue weighted by molar-refractivity contribution is -0.0797. The lowest BCUT2D eigenvalue weighted by Crippen LogP contribution is -2.43. The number of hydrogen-bond donors (Lipinski definition) is 1. The summed E-state index contributed by atoms with van der Waals surface area (Å²) in [5, 5.41) is 5.26. The normalized spacial score (nSPS) is 30.2. The molecule has 1 saturated carbocycles. The van der Waals surface area contributed by atoms with Crippen LogP contribution in [0.25, 0.3) is 0 Å². The van der Waals surface area contributed by atoms with Crippen molar-refractivity contribution in [3.05, 3.63) is 0 Å². The number of ether oxygens (including phenoxy) is 3. The molecule has 1 heterocycles. The first-order valence-electron chi connectivity index (χ1n) is 7.65. The summed E-state index contributed by atoms with van der Waals surface area (Å²) in [7, 11) is -1.78. The summed E-state index contributed by atoms with van der Waals surface area (Å²) in [5.41, 5.74) is -0.397. The zero-order valence-electron chi connectivity index (χ0n) is 12.8. The molecule has 0 bridgehead atoms. The van der Waals surface area contributed by atoms with Gasteiger partial charge in [0.2, 0.25) is 10.0 Å². The molecule has 2 aliphatic rings. The van der Waals surface area contributed by atoms with Gasteiger partial charge >= 0.3 is 0 Å². The lowest BCUT2D eigenvalue weighted by atomic mass is 9.83. The molecule has 1 aliphatic carbocycles. The Morgan fingerprint density at radius 1 is 1.24 bits per heavy atom. The van der Waals surface area contributed by atoms with Gasteiger partial charge in [0, 0.05) is 25.7 Å². The minimum absolute atomic E-state index is 0.0240. The second-order valence-corrected chi connectivity index (χ2v) is 7.99. The van der Waals surface area contributed by atoms with E-state index in [9.17, 15) is 8.42 Å². The third kappa shape index (κ3) is 5.49. The van der Waals surface area contributed by atoms with Crippen LogP contribution in [0.4, 0.5) is 0 Å². The highest BCUT2D eigenvalue weighted by Gasteiger charge is 2.37. The predicted octanol–water partition coefficient (Wildman–Crippen LogP) is 1.05. The molecule has 1 saturated heterocycles. The smallest absolute Gasteiger partial charge is 0.209 e. The van der Waals surface area contributed by atoms with E-state index in [-0.39, 0.29) is 18.0 Å². The molecule has 2 unspecified atom stereocenters. The number of methoxy groups -OCH3 is 1. The predicted molar refractivity (Wildman–Crippen MR) is 79.5 cm³/mol. The van der Waals surface area contributed by atoms with Crippen LogP contribution in [0.5, 0.6) is 0 Å². The maximum absolute atomic E-state index is 11.5. The molecule has 2 fully saturated rings. The Morgan fingerprint density at radius 3 is 2.52 bits per heavy atom. The highest BCUT2D eigenvalue weighted by molar-refractivity contribution is 7.89. The Bertz CT molecular complexity index is 419. The SMILES string of the molecule is COC1CCCC(OCC2(CS(N)(=O)=O)CCOCC2)C1. The van der Waals surface area contributed by atoms with E-state index < -0.39 is 15.4 Å². The van der Waals surface area contributed by atoms with Crippen molar-refractivity contribution in [3.63, 3.8) is 0 Å². The Labute approximate surface area is 127 Å². The van der Waals surface area contributed by atoms with Gasteiger partial charge in [0.05, 0.1) is 24.6 Å². The highest BCUT2D eigenvalue weighted by Crippen LogP contribution is 2.34. The fraction of sp³-hybridized carbons (Fsp3) is 1.00. The molecule has 6 nitrogen and oxygen atoms in total. The van der Waals surface area contributed by atoms with Gasteiger partial charge in [0.1, 0.15) is 0 Å². The van der Waals surface area contributed by atoms with Crippen molar-refractivity contribution in [2.24, 2.45) is 10.6 Å². The number of primary sulfonamides is 1. The van der Waals surface area contributed by atoms with Crippen LogP contribution in [0.1, 0.15) is 38.5 Å². The Morgan fingerprint density at radius 2 is 1.90 bits per heavy atom. The van der Waals surface area contributed by atoms with Crippen molar-refractivity contribution in [2.75, 3.05) is 32.7 Å². The second-order valence-electron chi connectivity index (χ2n) is 6.38.